The van der Waals surface area contributed by atoms with Crippen molar-refractivity contribution in [2.75, 3.05) is 26.2 Å². The molecule has 1 atom stereocenters. The van der Waals surface area contributed by atoms with Crippen LogP contribution in [0.4, 0.5) is 0 Å². The quantitative estimate of drug-likeness (QED) is 0.751. The molecule has 2 heteroatoms. The molecule has 0 spiro atoms. The lowest BCUT2D eigenvalue weighted by atomic mass is 10.1. The third kappa shape index (κ3) is 2.80. The van der Waals surface area contributed by atoms with Crippen molar-refractivity contribution >= 4 is 0 Å². The van der Waals surface area contributed by atoms with Crippen molar-refractivity contribution in [3.05, 3.63) is 35.9 Å². The maximum atomic E-state index is 5.80. The number of nitrogens with zero attached hydrogens (tertiary/aromatic N) is 1. The molecule has 1 aromatic carbocycles. The van der Waals surface area contributed by atoms with E-state index in [0.717, 1.165) is 19.7 Å². The lowest BCUT2D eigenvalue weighted by Gasteiger charge is -2.32. The Morgan fingerprint density at radius 3 is 2.87 bits per heavy atom. The van der Waals surface area contributed by atoms with Gasteiger partial charge in [0.05, 0.1) is 12.7 Å². The first-order valence-electron chi connectivity index (χ1n) is 5.79. The molecular weight excluding hydrogens is 186 g/mol. The predicted molar refractivity (Wildman–Crippen MR) is 61.9 cm³/mol. The molecule has 0 aromatic heterocycles. The molecule has 1 aliphatic rings. The Labute approximate surface area is 91.9 Å². The third-order valence-electron chi connectivity index (χ3n) is 2.86. The molecule has 1 fully saturated rings. The predicted octanol–water partition coefficient (Wildman–Crippen LogP) is 2.47. The second kappa shape index (κ2) is 5.29. The Balaban J connectivity index is 1.98. The fraction of sp³-hybridized carbons (Fsp3) is 0.538. The molecule has 1 aromatic rings. The summed E-state index contributed by atoms with van der Waals surface area (Å²) in [5.41, 5.74) is 1.30. The standard InChI is InChI=1S/C13H19NO/c1-2-8-14-9-10-15-13(11-14)12-6-4-3-5-7-12/h3-7,13H,2,8-11H2,1H3/t13-/m0/s1. The van der Waals surface area contributed by atoms with Gasteiger partial charge in [-0.05, 0) is 18.5 Å². The largest absolute Gasteiger partial charge is 0.371 e. The summed E-state index contributed by atoms with van der Waals surface area (Å²) >= 11 is 0. The minimum Gasteiger partial charge on any atom is -0.371 e. The van der Waals surface area contributed by atoms with E-state index in [1.807, 2.05) is 0 Å². The van der Waals surface area contributed by atoms with E-state index in [0.29, 0.717) is 0 Å². The minimum atomic E-state index is 0.270. The number of hydrogen-bond donors (Lipinski definition) is 0. The van der Waals surface area contributed by atoms with Crippen LogP contribution in [0.25, 0.3) is 0 Å². The van der Waals surface area contributed by atoms with Gasteiger partial charge in [0, 0.05) is 13.1 Å². The lowest BCUT2D eigenvalue weighted by molar-refractivity contribution is -0.0298. The summed E-state index contributed by atoms with van der Waals surface area (Å²) < 4.78 is 5.80. The molecule has 0 saturated carbocycles. The molecule has 15 heavy (non-hydrogen) atoms. The van der Waals surface area contributed by atoms with Crippen molar-refractivity contribution in [3.63, 3.8) is 0 Å². The number of hydrogen-bond acceptors (Lipinski definition) is 2. The van der Waals surface area contributed by atoms with Gasteiger partial charge in [-0.15, -0.1) is 0 Å². The maximum Gasteiger partial charge on any atom is 0.0952 e. The van der Waals surface area contributed by atoms with Crippen molar-refractivity contribution in [1.29, 1.82) is 0 Å². The molecule has 1 aliphatic heterocycles. The van der Waals surface area contributed by atoms with E-state index in [1.165, 1.54) is 18.5 Å². The highest BCUT2D eigenvalue weighted by atomic mass is 16.5. The van der Waals surface area contributed by atoms with Crippen LogP contribution in [0.5, 0.6) is 0 Å². The van der Waals surface area contributed by atoms with Gasteiger partial charge in [-0.25, -0.2) is 0 Å². The number of benzene rings is 1. The van der Waals surface area contributed by atoms with Gasteiger partial charge in [-0.1, -0.05) is 37.3 Å². The molecule has 0 radical (unpaired) electrons. The van der Waals surface area contributed by atoms with Gasteiger partial charge >= 0.3 is 0 Å². The van der Waals surface area contributed by atoms with Crippen molar-refractivity contribution in [2.24, 2.45) is 0 Å². The number of morpholine rings is 1. The minimum absolute atomic E-state index is 0.270. The first-order chi connectivity index (χ1) is 7.40. The van der Waals surface area contributed by atoms with Gasteiger partial charge in [-0.2, -0.15) is 0 Å². The number of ether oxygens (including phenoxy) is 1. The first-order valence-corrected chi connectivity index (χ1v) is 5.79. The van der Waals surface area contributed by atoms with Gasteiger partial charge in [0.25, 0.3) is 0 Å². The molecule has 2 rings (SSSR count). The Bertz CT molecular complexity index is 284. The van der Waals surface area contributed by atoms with Crippen LogP contribution < -0.4 is 0 Å². The monoisotopic (exact) mass is 205 g/mol. The van der Waals surface area contributed by atoms with Crippen LogP contribution in [0.2, 0.25) is 0 Å². The fourth-order valence-electron chi connectivity index (χ4n) is 2.09. The Kier molecular flexibility index (Phi) is 3.75. The molecule has 1 saturated heterocycles. The second-order valence-corrected chi connectivity index (χ2v) is 4.07. The molecule has 1 heterocycles. The molecule has 0 N–H and O–H groups in total. The highest BCUT2D eigenvalue weighted by Gasteiger charge is 2.20. The van der Waals surface area contributed by atoms with E-state index in [4.69, 9.17) is 4.74 Å². The van der Waals surface area contributed by atoms with Crippen molar-refractivity contribution in [2.45, 2.75) is 19.4 Å². The summed E-state index contributed by atoms with van der Waals surface area (Å²) in [6.45, 7) is 6.40. The van der Waals surface area contributed by atoms with Crippen LogP contribution in [-0.4, -0.2) is 31.1 Å². The summed E-state index contributed by atoms with van der Waals surface area (Å²) in [5.74, 6) is 0. The van der Waals surface area contributed by atoms with Crippen LogP contribution in [0.3, 0.4) is 0 Å². The van der Waals surface area contributed by atoms with Crippen molar-refractivity contribution in [1.82, 2.24) is 4.90 Å². The van der Waals surface area contributed by atoms with Crippen LogP contribution in [0.15, 0.2) is 30.3 Å². The van der Waals surface area contributed by atoms with Gasteiger partial charge < -0.3 is 4.74 Å². The summed E-state index contributed by atoms with van der Waals surface area (Å²) in [4.78, 5) is 2.49. The van der Waals surface area contributed by atoms with Gasteiger partial charge in [0.15, 0.2) is 0 Å². The van der Waals surface area contributed by atoms with Crippen LogP contribution in [0, 0.1) is 0 Å². The molecular formula is C13H19NO. The highest BCUT2D eigenvalue weighted by Crippen LogP contribution is 2.21. The summed E-state index contributed by atoms with van der Waals surface area (Å²) in [6, 6.07) is 10.5. The molecule has 2 nitrogen and oxygen atoms in total. The molecule has 0 bridgehead atoms. The Hall–Kier alpha value is -0.860. The van der Waals surface area contributed by atoms with Crippen molar-refractivity contribution < 1.29 is 4.74 Å². The van der Waals surface area contributed by atoms with Crippen LogP contribution in [-0.2, 0) is 4.74 Å². The molecule has 82 valence electrons. The average Bonchev–Trinajstić information content (AvgIpc) is 2.31. The summed E-state index contributed by atoms with van der Waals surface area (Å²) in [5, 5.41) is 0. The Morgan fingerprint density at radius 2 is 2.13 bits per heavy atom. The van der Waals surface area contributed by atoms with Gasteiger partial charge in [0.1, 0.15) is 0 Å². The SMILES string of the molecule is CCCN1CCO[C@H](c2ccccc2)C1. The first kappa shape index (κ1) is 10.7. The van der Waals surface area contributed by atoms with E-state index >= 15 is 0 Å². The van der Waals surface area contributed by atoms with Crippen molar-refractivity contribution in [3.8, 4) is 0 Å². The van der Waals surface area contributed by atoms with Gasteiger partial charge in [-0.3, -0.25) is 4.90 Å². The maximum absolute atomic E-state index is 5.80. The highest BCUT2D eigenvalue weighted by molar-refractivity contribution is 5.18. The zero-order valence-electron chi connectivity index (χ0n) is 9.36. The average molecular weight is 205 g/mol. The zero-order chi connectivity index (χ0) is 10.5. The van der Waals surface area contributed by atoms with Crippen LogP contribution in [0.1, 0.15) is 25.0 Å². The van der Waals surface area contributed by atoms with E-state index < -0.39 is 0 Å². The summed E-state index contributed by atoms with van der Waals surface area (Å²) in [6.07, 6.45) is 1.49. The Morgan fingerprint density at radius 1 is 1.33 bits per heavy atom. The van der Waals surface area contributed by atoms with E-state index in [9.17, 15) is 0 Å². The lowest BCUT2D eigenvalue weighted by Crippen LogP contribution is -2.38. The summed E-state index contributed by atoms with van der Waals surface area (Å²) in [7, 11) is 0. The van der Waals surface area contributed by atoms with E-state index in [2.05, 4.69) is 42.2 Å². The van der Waals surface area contributed by atoms with E-state index in [1.54, 1.807) is 0 Å². The van der Waals surface area contributed by atoms with Crippen LogP contribution >= 0.6 is 0 Å². The third-order valence-corrected chi connectivity index (χ3v) is 2.86. The number of rotatable bonds is 3. The van der Waals surface area contributed by atoms with E-state index in [-0.39, 0.29) is 6.10 Å². The second-order valence-electron chi connectivity index (χ2n) is 4.07. The molecule has 0 aliphatic carbocycles. The zero-order valence-corrected chi connectivity index (χ0v) is 9.36. The molecule has 0 amide bonds. The van der Waals surface area contributed by atoms with Gasteiger partial charge in [0.2, 0.25) is 0 Å². The normalized spacial score (nSPS) is 22.9. The molecule has 0 unspecified atom stereocenters. The smallest absolute Gasteiger partial charge is 0.0952 e. The topological polar surface area (TPSA) is 12.5 Å². The fourth-order valence-corrected chi connectivity index (χ4v) is 2.09.